The summed E-state index contributed by atoms with van der Waals surface area (Å²) in [6, 6.07) is 1.83. The number of aromatic nitrogens is 1. The molecule has 1 N–H and O–H groups in total. The summed E-state index contributed by atoms with van der Waals surface area (Å²) in [6.45, 7) is 1.95. The van der Waals surface area contributed by atoms with E-state index in [1.54, 1.807) is 6.20 Å². The van der Waals surface area contributed by atoms with E-state index < -0.39 is 5.97 Å². The zero-order valence-electron chi connectivity index (χ0n) is 11.1. The summed E-state index contributed by atoms with van der Waals surface area (Å²) in [5.41, 5.74) is 1.72. The van der Waals surface area contributed by atoms with Crippen LogP contribution in [0, 0.1) is 5.41 Å². The molecule has 19 heavy (non-hydrogen) atoms. The van der Waals surface area contributed by atoms with Crippen molar-refractivity contribution in [1.29, 1.82) is 0 Å². The molecule has 1 aliphatic carbocycles. The number of carboxylic acids is 1. The topological polar surface area (TPSA) is 53.4 Å². The van der Waals surface area contributed by atoms with Crippen molar-refractivity contribution in [2.45, 2.75) is 38.5 Å². The van der Waals surface area contributed by atoms with Crippen molar-refractivity contribution in [3.63, 3.8) is 0 Å². The van der Waals surface area contributed by atoms with Gasteiger partial charge in [0, 0.05) is 25.5 Å². The Kier molecular flexibility index (Phi) is 3.17. The number of nitrogens with zero attached hydrogens (tertiary/aromatic N) is 2. The molecule has 1 aliphatic heterocycles. The van der Waals surface area contributed by atoms with Gasteiger partial charge in [0.15, 0.2) is 0 Å². The quantitative estimate of drug-likeness (QED) is 0.888. The minimum atomic E-state index is -0.885. The van der Waals surface area contributed by atoms with E-state index in [9.17, 15) is 9.90 Å². The molecular weight excluding hydrogens is 240 g/mol. The average molecular weight is 260 g/mol. The Hall–Kier alpha value is -1.58. The van der Waals surface area contributed by atoms with Gasteiger partial charge in [-0.2, -0.15) is 0 Å². The minimum absolute atomic E-state index is 0.324. The Morgan fingerprint density at radius 2 is 1.89 bits per heavy atom. The van der Waals surface area contributed by atoms with E-state index in [1.807, 2.05) is 6.07 Å². The fourth-order valence-electron chi connectivity index (χ4n) is 3.67. The number of carbonyl (C=O) groups is 1. The van der Waals surface area contributed by atoms with Gasteiger partial charge < -0.3 is 10.0 Å². The maximum absolute atomic E-state index is 11.2. The molecule has 2 heterocycles. The Balaban J connectivity index is 1.76. The Morgan fingerprint density at radius 1 is 1.21 bits per heavy atom. The molecule has 0 bridgehead atoms. The number of aromatic carboxylic acids is 1. The molecule has 102 valence electrons. The smallest absolute Gasteiger partial charge is 0.339 e. The fourth-order valence-corrected chi connectivity index (χ4v) is 3.67. The van der Waals surface area contributed by atoms with Gasteiger partial charge in [-0.1, -0.05) is 12.8 Å². The maximum Gasteiger partial charge on any atom is 0.339 e. The number of rotatable bonds is 2. The first-order valence-corrected chi connectivity index (χ1v) is 7.13. The van der Waals surface area contributed by atoms with Gasteiger partial charge >= 0.3 is 5.97 Å². The third kappa shape index (κ3) is 2.31. The predicted octanol–water partition coefficient (Wildman–Crippen LogP) is 2.94. The highest BCUT2D eigenvalue weighted by Gasteiger charge is 2.37. The molecule has 0 aromatic carbocycles. The van der Waals surface area contributed by atoms with Crippen molar-refractivity contribution in [2.24, 2.45) is 5.41 Å². The highest BCUT2D eigenvalue weighted by Crippen LogP contribution is 2.46. The number of piperidine rings is 1. The molecule has 0 unspecified atom stereocenters. The molecule has 2 fully saturated rings. The second kappa shape index (κ2) is 4.83. The summed E-state index contributed by atoms with van der Waals surface area (Å²) in [4.78, 5) is 17.4. The summed E-state index contributed by atoms with van der Waals surface area (Å²) in [6.07, 6.45) is 11.0. The van der Waals surface area contributed by atoms with Gasteiger partial charge in [-0.15, -0.1) is 0 Å². The molecule has 0 radical (unpaired) electrons. The molecule has 1 saturated heterocycles. The van der Waals surface area contributed by atoms with Crippen molar-refractivity contribution in [3.8, 4) is 0 Å². The van der Waals surface area contributed by atoms with Crippen LogP contribution in [0.3, 0.4) is 0 Å². The molecule has 0 atom stereocenters. The van der Waals surface area contributed by atoms with Crippen molar-refractivity contribution >= 4 is 11.7 Å². The number of hydrogen-bond donors (Lipinski definition) is 1. The lowest BCUT2D eigenvalue weighted by Gasteiger charge is -2.40. The zero-order chi connectivity index (χ0) is 13.3. The molecule has 4 nitrogen and oxygen atoms in total. The van der Waals surface area contributed by atoms with Crippen LogP contribution in [-0.2, 0) is 0 Å². The molecule has 1 aromatic heterocycles. The third-order valence-corrected chi connectivity index (χ3v) is 4.86. The van der Waals surface area contributed by atoms with Crippen molar-refractivity contribution in [3.05, 3.63) is 24.0 Å². The second-order valence-corrected chi connectivity index (χ2v) is 5.89. The first kappa shape index (κ1) is 12.5. The number of carboxylic acid groups (broad SMARTS) is 1. The van der Waals surface area contributed by atoms with Gasteiger partial charge in [-0.25, -0.2) is 4.79 Å². The first-order chi connectivity index (χ1) is 9.20. The van der Waals surface area contributed by atoms with Crippen LogP contribution in [0.15, 0.2) is 18.5 Å². The SMILES string of the molecule is O=C(O)c1cnccc1N1CCC2(CCCC2)CC1. The second-order valence-electron chi connectivity index (χ2n) is 5.89. The van der Waals surface area contributed by atoms with Gasteiger partial charge in [0.2, 0.25) is 0 Å². The minimum Gasteiger partial charge on any atom is -0.478 e. The van der Waals surface area contributed by atoms with Gasteiger partial charge in [0.25, 0.3) is 0 Å². The molecular formula is C15H20N2O2. The average Bonchev–Trinajstić information content (AvgIpc) is 2.88. The van der Waals surface area contributed by atoms with Crippen LogP contribution < -0.4 is 4.90 Å². The van der Waals surface area contributed by atoms with Gasteiger partial charge in [0.1, 0.15) is 5.56 Å². The van der Waals surface area contributed by atoms with E-state index in [-0.39, 0.29) is 0 Å². The van der Waals surface area contributed by atoms with Crippen molar-refractivity contribution in [2.75, 3.05) is 18.0 Å². The highest BCUT2D eigenvalue weighted by molar-refractivity contribution is 5.94. The zero-order valence-corrected chi connectivity index (χ0v) is 11.1. The molecule has 0 amide bonds. The molecule has 2 aliphatic rings. The van der Waals surface area contributed by atoms with E-state index in [0.29, 0.717) is 11.0 Å². The summed E-state index contributed by atoms with van der Waals surface area (Å²) >= 11 is 0. The van der Waals surface area contributed by atoms with Gasteiger partial charge in [-0.05, 0) is 37.2 Å². The summed E-state index contributed by atoms with van der Waals surface area (Å²) in [5.74, 6) is -0.885. The van der Waals surface area contributed by atoms with E-state index in [2.05, 4.69) is 9.88 Å². The molecule has 1 saturated carbocycles. The van der Waals surface area contributed by atoms with E-state index >= 15 is 0 Å². The fraction of sp³-hybridized carbons (Fsp3) is 0.600. The molecule has 4 heteroatoms. The largest absolute Gasteiger partial charge is 0.478 e. The van der Waals surface area contributed by atoms with E-state index in [0.717, 1.165) is 18.8 Å². The van der Waals surface area contributed by atoms with Gasteiger partial charge in [0.05, 0.1) is 5.69 Å². The first-order valence-electron chi connectivity index (χ1n) is 7.13. The number of anilines is 1. The number of pyridine rings is 1. The van der Waals surface area contributed by atoms with Crippen LogP contribution in [0.5, 0.6) is 0 Å². The predicted molar refractivity (Wildman–Crippen MR) is 73.5 cm³/mol. The Morgan fingerprint density at radius 3 is 2.53 bits per heavy atom. The lowest BCUT2D eigenvalue weighted by molar-refractivity contribution is 0.0697. The number of hydrogen-bond acceptors (Lipinski definition) is 3. The lowest BCUT2D eigenvalue weighted by atomic mass is 9.77. The van der Waals surface area contributed by atoms with Crippen molar-refractivity contribution < 1.29 is 9.90 Å². The van der Waals surface area contributed by atoms with Crippen LogP contribution in [0.2, 0.25) is 0 Å². The highest BCUT2D eigenvalue weighted by atomic mass is 16.4. The van der Waals surface area contributed by atoms with Crippen LogP contribution in [0.25, 0.3) is 0 Å². The van der Waals surface area contributed by atoms with Crippen LogP contribution in [0.1, 0.15) is 48.9 Å². The lowest BCUT2D eigenvalue weighted by Crippen LogP contribution is -2.39. The molecule has 3 rings (SSSR count). The van der Waals surface area contributed by atoms with Crippen LogP contribution in [-0.4, -0.2) is 29.1 Å². The molecule has 1 aromatic rings. The Bertz CT molecular complexity index is 471. The van der Waals surface area contributed by atoms with Crippen LogP contribution in [0.4, 0.5) is 5.69 Å². The monoisotopic (exact) mass is 260 g/mol. The summed E-state index contributed by atoms with van der Waals surface area (Å²) in [7, 11) is 0. The van der Waals surface area contributed by atoms with E-state index in [4.69, 9.17) is 0 Å². The normalized spacial score (nSPS) is 21.8. The van der Waals surface area contributed by atoms with E-state index in [1.165, 1.54) is 44.7 Å². The Labute approximate surface area is 113 Å². The summed E-state index contributed by atoms with van der Waals surface area (Å²) in [5, 5.41) is 9.23. The van der Waals surface area contributed by atoms with Crippen LogP contribution >= 0.6 is 0 Å². The van der Waals surface area contributed by atoms with Crippen molar-refractivity contribution in [1.82, 2.24) is 4.98 Å². The third-order valence-electron chi connectivity index (χ3n) is 4.86. The molecule has 1 spiro atoms. The maximum atomic E-state index is 11.2. The summed E-state index contributed by atoms with van der Waals surface area (Å²) < 4.78 is 0. The standard InChI is InChI=1S/C15H20N2O2/c18-14(19)12-11-16-8-3-13(12)17-9-6-15(7-10-17)4-1-2-5-15/h3,8,11H,1-2,4-7,9-10H2,(H,18,19). The van der Waals surface area contributed by atoms with Gasteiger partial charge in [-0.3, -0.25) is 4.98 Å².